The molecule has 1 aliphatic heterocycles. The van der Waals surface area contributed by atoms with Crippen molar-refractivity contribution in [2.45, 2.75) is 75.3 Å². The number of aliphatic hydroxyl groups is 1. The second kappa shape index (κ2) is 21.1. The average molecular weight is 803 g/mol. The van der Waals surface area contributed by atoms with Crippen LogP contribution in [0.4, 0.5) is 0 Å². The Morgan fingerprint density at radius 1 is 0.707 bits per heavy atom. The largest absolute Gasteiger partial charge is 0.508 e. The van der Waals surface area contributed by atoms with Crippen LogP contribution in [0, 0.1) is 0 Å². The van der Waals surface area contributed by atoms with E-state index in [1.165, 1.54) is 36.1 Å². The molecule has 3 aromatic carbocycles. The molecule has 0 spiro atoms. The lowest BCUT2D eigenvalue weighted by Crippen LogP contribution is -2.58. The van der Waals surface area contributed by atoms with Gasteiger partial charge in [-0.3, -0.25) is 33.6 Å². The number of phenols is 2. The third-order valence-electron chi connectivity index (χ3n) is 9.51. The number of nitrogens with zero attached hydrogens (tertiary/aromatic N) is 1. The molecule has 0 aliphatic carbocycles. The minimum Gasteiger partial charge on any atom is -0.508 e. The maximum atomic E-state index is 14.0. The van der Waals surface area contributed by atoms with Gasteiger partial charge in [-0.2, -0.15) is 0 Å². The van der Waals surface area contributed by atoms with Crippen molar-refractivity contribution in [2.75, 3.05) is 19.7 Å². The van der Waals surface area contributed by atoms with Gasteiger partial charge in [0.15, 0.2) is 0 Å². The summed E-state index contributed by atoms with van der Waals surface area (Å²) in [6.45, 7) is 0.225. The molecule has 1 aliphatic rings. The summed E-state index contributed by atoms with van der Waals surface area (Å²) >= 11 is 0. The van der Waals surface area contributed by atoms with E-state index in [1.807, 2.05) is 0 Å². The van der Waals surface area contributed by atoms with Crippen LogP contribution >= 0.6 is 0 Å². The number of primary amides is 1. The zero-order chi connectivity index (χ0) is 42.4. The number of hydrogen-bond acceptors (Lipinski definition) is 11. The zero-order valence-electron chi connectivity index (χ0n) is 31.9. The van der Waals surface area contributed by atoms with Gasteiger partial charge in [-0.1, -0.05) is 54.6 Å². The molecule has 1 saturated heterocycles. The molecule has 1 fully saturated rings. The minimum absolute atomic E-state index is 0.0222. The van der Waals surface area contributed by atoms with Crippen LogP contribution < -0.4 is 38.1 Å². The Bertz CT molecular complexity index is 1910. The van der Waals surface area contributed by atoms with E-state index in [0.29, 0.717) is 23.1 Å². The molecular weight excluding hydrogens is 752 g/mol. The van der Waals surface area contributed by atoms with Crippen molar-refractivity contribution >= 4 is 41.4 Å². The van der Waals surface area contributed by atoms with E-state index >= 15 is 0 Å². The summed E-state index contributed by atoms with van der Waals surface area (Å²) in [5.74, 6) is -5.07. The fourth-order valence-corrected chi connectivity index (χ4v) is 6.30. The van der Waals surface area contributed by atoms with Gasteiger partial charge in [0.25, 0.3) is 0 Å². The van der Waals surface area contributed by atoms with E-state index in [2.05, 4.69) is 26.6 Å². The normalized spacial score (nSPS) is 16.1. The Hall–Kier alpha value is -6.53. The lowest BCUT2D eigenvalue weighted by molar-refractivity contribution is -0.142. The van der Waals surface area contributed by atoms with E-state index in [9.17, 15) is 48.9 Å². The summed E-state index contributed by atoms with van der Waals surface area (Å²) < 4.78 is 0. The lowest BCUT2D eigenvalue weighted by Gasteiger charge is -2.29. The second-order valence-electron chi connectivity index (χ2n) is 14.0. The molecular formula is C40H50N8O10. The number of likely N-dealkylation sites (tertiary alicyclic amines) is 1. The molecule has 1 heterocycles. The first-order valence-corrected chi connectivity index (χ1v) is 18.7. The topological polar surface area (TPSA) is 296 Å². The molecule has 18 nitrogen and oxygen atoms in total. The highest BCUT2D eigenvalue weighted by Crippen LogP contribution is 2.21. The van der Waals surface area contributed by atoms with E-state index in [4.69, 9.17) is 11.5 Å². The van der Waals surface area contributed by atoms with Gasteiger partial charge in [0.05, 0.1) is 19.2 Å². The first-order chi connectivity index (χ1) is 27.6. The van der Waals surface area contributed by atoms with Gasteiger partial charge in [-0.25, -0.2) is 0 Å². The number of nitrogens with two attached hydrogens (primary N) is 2. The standard InChI is InChI=1S/C40H50N8O10/c1-23(44-37(55)29(41)18-25-9-13-27(50)14-10-25)36(54)46-30(19-24-6-3-2-4-7-24)38(56)43-21-34(52)45-31(20-26-11-15-28(51)16-12-26)40(58)48-17-5-8-33(48)39(57)47-32(22-49)35(42)53/h2-4,6-7,9-16,23,29-33,49-51H,5,8,17-22,41H2,1H3,(H2,42,53)(H,43,56)(H,44,55)(H,45,52)(H,46,54)(H,47,57)/t23-,29-,30-,31-,32-,33-/m0/s1. The van der Waals surface area contributed by atoms with Crippen LogP contribution in [-0.2, 0) is 52.8 Å². The molecule has 58 heavy (non-hydrogen) atoms. The van der Waals surface area contributed by atoms with Crippen molar-refractivity contribution in [2.24, 2.45) is 11.5 Å². The van der Waals surface area contributed by atoms with Crippen LogP contribution in [0.5, 0.6) is 11.5 Å². The fraction of sp³-hybridized carbons (Fsp3) is 0.375. The first-order valence-electron chi connectivity index (χ1n) is 18.7. The van der Waals surface area contributed by atoms with Gasteiger partial charge in [-0.15, -0.1) is 0 Å². The Labute approximate surface area is 334 Å². The predicted molar refractivity (Wildman–Crippen MR) is 209 cm³/mol. The van der Waals surface area contributed by atoms with Gasteiger partial charge in [0, 0.05) is 19.4 Å². The molecule has 18 heteroatoms. The monoisotopic (exact) mass is 802 g/mol. The number of amides is 7. The van der Waals surface area contributed by atoms with Crippen LogP contribution in [0.3, 0.4) is 0 Å². The number of phenolic OH excluding ortho intramolecular Hbond substituents is 2. The Morgan fingerprint density at radius 3 is 1.86 bits per heavy atom. The van der Waals surface area contributed by atoms with Crippen molar-refractivity contribution in [3.05, 3.63) is 95.6 Å². The molecule has 12 N–H and O–H groups in total. The molecule has 0 bridgehead atoms. The maximum absolute atomic E-state index is 14.0. The third kappa shape index (κ3) is 13.0. The lowest BCUT2D eigenvalue weighted by atomic mass is 10.0. The minimum atomic E-state index is -1.36. The average Bonchev–Trinajstić information content (AvgIpc) is 3.70. The molecule has 0 radical (unpaired) electrons. The summed E-state index contributed by atoms with van der Waals surface area (Å²) in [5.41, 5.74) is 13.2. The van der Waals surface area contributed by atoms with Gasteiger partial charge >= 0.3 is 0 Å². The third-order valence-corrected chi connectivity index (χ3v) is 9.51. The highest BCUT2D eigenvalue weighted by Gasteiger charge is 2.39. The summed E-state index contributed by atoms with van der Waals surface area (Å²) in [4.78, 5) is 93.0. The Morgan fingerprint density at radius 2 is 1.28 bits per heavy atom. The van der Waals surface area contributed by atoms with Gasteiger partial charge in [0.2, 0.25) is 41.4 Å². The molecule has 6 atom stereocenters. The molecule has 310 valence electrons. The summed E-state index contributed by atoms with van der Waals surface area (Å²) in [5, 5.41) is 41.4. The number of rotatable bonds is 19. The fourth-order valence-electron chi connectivity index (χ4n) is 6.30. The number of aliphatic hydroxyl groups excluding tert-OH is 1. The van der Waals surface area contributed by atoms with Gasteiger partial charge in [-0.05, 0) is 67.1 Å². The van der Waals surface area contributed by atoms with E-state index in [-0.39, 0.29) is 43.7 Å². The van der Waals surface area contributed by atoms with Gasteiger partial charge < -0.3 is 58.3 Å². The predicted octanol–water partition coefficient (Wildman–Crippen LogP) is -2.00. The van der Waals surface area contributed by atoms with Crippen LogP contribution in [-0.4, -0.2) is 118 Å². The molecule has 0 aromatic heterocycles. The number of aromatic hydroxyl groups is 2. The van der Waals surface area contributed by atoms with Crippen molar-refractivity contribution < 1.29 is 48.9 Å². The van der Waals surface area contributed by atoms with Crippen LogP contribution in [0.2, 0.25) is 0 Å². The van der Waals surface area contributed by atoms with Crippen LogP contribution in [0.15, 0.2) is 78.9 Å². The summed E-state index contributed by atoms with van der Waals surface area (Å²) in [6.07, 6.45) is 0.781. The number of nitrogens with one attached hydrogen (secondary N) is 5. The van der Waals surface area contributed by atoms with Crippen LogP contribution in [0.1, 0.15) is 36.5 Å². The summed E-state index contributed by atoms with van der Waals surface area (Å²) in [6, 6.07) is 13.9. The number of carbonyl (C=O) groups excluding carboxylic acids is 7. The van der Waals surface area contributed by atoms with Crippen molar-refractivity contribution in [3.8, 4) is 11.5 Å². The SMILES string of the molecule is C[C@H](NC(=O)[C@@H](N)Cc1ccc(O)cc1)C(=O)N[C@@H](Cc1ccccc1)C(=O)NCC(=O)N[C@@H](Cc1ccc(O)cc1)C(=O)N1CCC[C@H]1C(=O)N[C@@H](CO)C(N)=O. The number of carbonyl (C=O) groups is 7. The van der Waals surface area contributed by atoms with E-state index in [1.54, 1.807) is 54.6 Å². The molecule has 3 aromatic rings. The van der Waals surface area contributed by atoms with Gasteiger partial charge in [0.1, 0.15) is 41.7 Å². The van der Waals surface area contributed by atoms with Crippen molar-refractivity contribution in [1.29, 1.82) is 0 Å². The van der Waals surface area contributed by atoms with E-state index in [0.717, 1.165) is 0 Å². The Balaban J connectivity index is 1.42. The smallest absolute Gasteiger partial charge is 0.246 e. The zero-order valence-corrected chi connectivity index (χ0v) is 31.9. The molecule has 4 rings (SSSR count). The number of hydrogen-bond donors (Lipinski definition) is 10. The number of benzene rings is 3. The van der Waals surface area contributed by atoms with Crippen LogP contribution in [0.25, 0.3) is 0 Å². The molecule has 0 saturated carbocycles. The maximum Gasteiger partial charge on any atom is 0.246 e. The quantitative estimate of drug-likeness (QED) is 0.0632. The highest BCUT2D eigenvalue weighted by molar-refractivity contribution is 5.96. The Kier molecular flexibility index (Phi) is 16.1. The summed E-state index contributed by atoms with van der Waals surface area (Å²) in [7, 11) is 0. The van der Waals surface area contributed by atoms with E-state index < -0.39 is 90.8 Å². The second-order valence-corrected chi connectivity index (χ2v) is 14.0. The van der Waals surface area contributed by atoms with Crippen molar-refractivity contribution in [1.82, 2.24) is 31.5 Å². The first kappa shape index (κ1) is 44.2. The van der Waals surface area contributed by atoms with Crippen molar-refractivity contribution in [3.63, 3.8) is 0 Å². The highest BCUT2D eigenvalue weighted by atomic mass is 16.3. The molecule has 7 amide bonds. The molecule has 0 unspecified atom stereocenters.